The number of halogens is 1. The Morgan fingerprint density at radius 2 is 2.27 bits per heavy atom. The van der Waals surface area contributed by atoms with Crippen LogP contribution in [0.5, 0.6) is 0 Å². The van der Waals surface area contributed by atoms with Crippen LogP contribution < -0.4 is 10.6 Å². The Kier molecular flexibility index (Phi) is 5.79. The lowest BCUT2D eigenvalue weighted by Crippen LogP contribution is -2.42. The SMILES string of the molecule is Cl.O=C(NCC1CCCS1)C1CCCN1. The summed E-state index contributed by atoms with van der Waals surface area (Å²) in [6.07, 6.45) is 4.72. The lowest BCUT2D eigenvalue weighted by Gasteiger charge is -2.13. The van der Waals surface area contributed by atoms with Gasteiger partial charge in [0, 0.05) is 11.8 Å². The molecule has 15 heavy (non-hydrogen) atoms. The Labute approximate surface area is 102 Å². The van der Waals surface area contributed by atoms with E-state index >= 15 is 0 Å². The number of amides is 1. The Morgan fingerprint density at radius 3 is 2.87 bits per heavy atom. The lowest BCUT2D eigenvalue weighted by atomic mass is 10.2. The number of carbonyl (C=O) groups is 1. The first-order valence-electron chi connectivity index (χ1n) is 5.49. The fourth-order valence-corrected chi connectivity index (χ4v) is 3.25. The van der Waals surface area contributed by atoms with Crippen LogP contribution in [0.2, 0.25) is 0 Å². The molecule has 0 aromatic heterocycles. The summed E-state index contributed by atoms with van der Waals surface area (Å²) >= 11 is 1.99. The van der Waals surface area contributed by atoms with E-state index in [9.17, 15) is 4.79 Å². The van der Waals surface area contributed by atoms with E-state index in [2.05, 4.69) is 10.6 Å². The molecule has 5 heteroatoms. The maximum atomic E-state index is 11.6. The van der Waals surface area contributed by atoms with Gasteiger partial charge in [-0.1, -0.05) is 0 Å². The van der Waals surface area contributed by atoms with E-state index in [1.165, 1.54) is 18.6 Å². The zero-order valence-corrected chi connectivity index (χ0v) is 10.5. The second kappa shape index (κ2) is 6.61. The molecule has 2 fully saturated rings. The topological polar surface area (TPSA) is 41.1 Å². The summed E-state index contributed by atoms with van der Waals surface area (Å²) in [7, 11) is 0. The second-order valence-corrected chi connectivity index (χ2v) is 5.44. The van der Waals surface area contributed by atoms with E-state index < -0.39 is 0 Å². The molecule has 0 aromatic rings. The van der Waals surface area contributed by atoms with Gasteiger partial charge in [0.1, 0.15) is 0 Å². The van der Waals surface area contributed by atoms with Gasteiger partial charge in [0.2, 0.25) is 5.91 Å². The molecule has 0 bridgehead atoms. The third-order valence-electron chi connectivity index (χ3n) is 2.90. The number of nitrogens with one attached hydrogen (secondary N) is 2. The third-order valence-corrected chi connectivity index (χ3v) is 4.30. The van der Waals surface area contributed by atoms with Crippen molar-refractivity contribution in [3.8, 4) is 0 Å². The molecule has 0 radical (unpaired) electrons. The van der Waals surface area contributed by atoms with Crippen LogP contribution in [0.25, 0.3) is 0 Å². The van der Waals surface area contributed by atoms with E-state index in [0.29, 0.717) is 5.25 Å². The summed E-state index contributed by atoms with van der Waals surface area (Å²) in [5.41, 5.74) is 0. The van der Waals surface area contributed by atoms with Gasteiger partial charge in [-0.05, 0) is 38.0 Å². The first-order chi connectivity index (χ1) is 6.86. The zero-order valence-electron chi connectivity index (χ0n) is 8.83. The molecule has 0 aliphatic carbocycles. The standard InChI is InChI=1S/C10H18N2OS.ClH/c13-10(9-4-1-5-11-9)12-7-8-3-2-6-14-8;/h8-9,11H,1-7H2,(H,12,13);1H. The summed E-state index contributed by atoms with van der Waals surface area (Å²) in [6, 6.07) is 0.0846. The van der Waals surface area contributed by atoms with E-state index in [0.717, 1.165) is 25.9 Å². The van der Waals surface area contributed by atoms with Crippen LogP contribution in [-0.2, 0) is 4.79 Å². The van der Waals surface area contributed by atoms with Crippen molar-refractivity contribution in [1.82, 2.24) is 10.6 Å². The van der Waals surface area contributed by atoms with Crippen molar-refractivity contribution in [1.29, 1.82) is 0 Å². The van der Waals surface area contributed by atoms with Crippen molar-refractivity contribution in [3.63, 3.8) is 0 Å². The van der Waals surface area contributed by atoms with Gasteiger partial charge in [-0.25, -0.2) is 0 Å². The average Bonchev–Trinajstić information content (AvgIpc) is 2.87. The first-order valence-corrected chi connectivity index (χ1v) is 6.54. The monoisotopic (exact) mass is 250 g/mol. The summed E-state index contributed by atoms with van der Waals surface area (Å²) in [5, 5.41) is 6.92. The van der Waals surface area contributed by atoms with E-state index in [1.54, 1.807) is 0 Å². The highest BCUT2D eigenvalue weighted by molar-refractivity contribution is 8.00. The van der Waals surface area contributed by atoms with Gasteiger partial charge in [-0.15, -0.1) is 12.4 Å². The minimum absolute atomic E-state index is 0. The van der Waals surface area contributed by atoms with Gasteiger partial charge in [0.05, 0.1) is 6.04 Å². The molecule has 2 saturated heterocycles. The van der Waals surface area contributed by atoms with Crippen molar-refractivity contribution in [2.45, 2.75) is 37.0 Å². The molecule has 2 aliphatic heterocycles. The van der Waals surface area contributed by atoms with Crippen LogP contribution in [0.1, 0.15) is 25.7 Å². The van der Waals surface area contributed by atoms with Gasteiger partial charge in [0.25, 0.3) is 0 Å². The summed E-state index contributed by atoms with van der Waals surface area (Å²) in [4.78, 5) is 11.6. The van der Waals surface area contributed by atoms with E-state index in [4.69, 9.17) is 0 Å². The van der Waals surface area contributed by atoms with Gasteiger partial charge in [-0.3, -0.25) is 4.79 Å². The summed E-state index contributed by atoms with van der Waals surface area (Å²) < 4.78 is 0. The number of hydrogen-bond donors (Lipinski definition) is 2. The summed E-state index contributed by atoms with van der Waals surface area (Å²) in [5.74, 6) is 1.47. The van der Waals surface area contributed by atoms with Gasteiger partial charge >= 0.3 is 0 Å². The number of carbonyl (C=O) groups excluding carboxylic acids is 1. The molecule has 0 spiro atoms. The lowest BCUT2D eigenvalue weighted by molar-refractivity contribution is -0.122. The van der Waals surface area contributed by atoms with Crippen molar-refractivity contribution in [2.24, 2.45) is 0 Å². The normalized spacial score (nSPS) is 29.9. The van der Waals surface area contributed by atoms with Gasteiger partial charge in [0.15, 0.2) is 0 Å². The predicted octanol–water partition coefficient (Wildman–Crippen LogP) is 1.17. The maximum Gasteiger partial charge on any atom is 0.237 e. The highest BCUT2D eigenvalue weighted by atomic mass is 35.5. The Morgan fingerprint density at radius 1 is 1.40 bits per heavy atom. The fourth-order valence-electron chi connectivity index (χ4n) is 2.05. The molecule has 2 rings (SSSR count). The molecule has 2 aliphatic rings. The van der Waals surface area contributed by atoms with Crippen molar-refractivity contribution in [2.75, 3.05) is 18.8 Å². The largest absolute Gasteiger partial charge is 0.354 e. The van der Waals surface area contributed by atoms with Crippen LogP contribution in [0.4, 0.5) is 0 Å². The Balaban J connectivity index is 0.00000112. The molecule has 88 valence electrons. The van der Waals surface area contributed by atoms with E-state index in [-0.39, 0.29) is 24.4 Å². The van der Waals surface area contributed by atoms with Crippen LogP contribution >= 0.6 is 24.2 Å². The smallest absolute Gasteiger partial charge is 0.237 e. The summed E-state index contributed by atoms with van der Waals surface area (Å²) in [6.45, 7) is 1.86. The highest BCUT2D eigenvalue weighted by Gasteiger charge is 2.23. The molecular formula is C10H19ClN2OS. The van der Waals surface area contributed by atoms with Crippen molar-refractivity contribution < 1.29 is 4.79 Å². The molecule has 0 saturated carbocycles. The zero-order chi connectivity index (χ0) is 9.80. The Bertz CT molecular complexity index is 204. The second-order valence-electron chi connectivity index (χ2n) is 4.03. The molecule has 2 N–H and O–H groups in total. The van der Waals surface area contributed by atoms with Crippen LogP contribution in [0, 0.1) is 0 Å². The number of thioether (sulfide) groups is 1. The van der Waals surface area contributed by atoms with Crippen molar-refractivity contribution >= 4 is 30.1 Å². The maximum absolute atomic E-state index is 11.6. The highest BCUT2D eigenvalue weighted by Crippen LogP contribution is 2.25. The third kappa shape index (κ3) is 3.85. The molecular weight excluding hydrogens is 232 g/mol. The Hall–Kier alpha value is 0.0700. The minimum Gasteiger partial charge on any atom is -0.354 e. The molecule has 0 aromatic carbocycles. The van der Waals surface area contributed by atoms with Gasteiger partial charge in [-0.2, -0.15) is 11.8 Å². The molecule has 1 amide bonds. The molecule has 2 heterocycles. The predicted molar refractivity (Wildman–Crippen MR) is 66.8 cm³/mol. The van der Waals surface area contributed by atoms with E-state index in [1.807, 2.05) is 11.8 Å². The number of hydrogen-bond acceptors (Lipinski definition) is 3. The quantitative estimate of drug-likeness (QED) is 0.790. The molecule has 2 atom stereocenters. The molecule has 3 nitrogen and oxygen atoms in total. The average molecular weight is 251 g/mol. The molecule has 2 unspecified atom stereocenters. The minimum atomic E-state index is 0. The van der Waals surface area contributed by atoms with Gasteiger partial charge < -0.3 is 10.6 Å². The van der Waals surface area contributed by atoms with Crippen LogP contribution in [0.15, 0.2) is 0 Å². The van der Waals surface area contributed by atoms with Crippen molar-refractivity contribution in [3.05, 3.63) is 0 Å². The first kappa shape index (κ1) is 13.1. The van der Waals surface area contributed by atoms with Crippen LogP contribution in [-0.4, -0.2) is 36.0 Å². The fraction of sp³-hybridized carbons (Fsp3) is 0.900. The number of rotatable bonds is 3. The van der Waals surface area contributed by atoms with Crippen LogP contribution in [0.3, 0.4) is 0 Å².